The number of hydrogen-bond donors (Lipinski definition) is 2. The lowest BCUT2D eigenvalue weighted by atomic mass is 10.2. The van der Waals surface area contributed by atoms with Gasteiger partial charge in [-0.25, -0.2) is 9.78 Å². The van der Waals surface area contributed by atoms with Crippen LogP contribution in [-0.4, -0.2) is 32.6 Å². The monoisotopic (exact) mass is 273 g/mol. The van der Waals surface area contributed by atoms with E-state index >= 15 is 0 Å². The highest BCUT2D eigenvalue weighted by atomic mass is 16.4. The van der Waals surface area contributed by atoms with Gasteiger partial charge in [0.2, 0.25) is 0 Å². The Morgan fingerprint density at radius 1 is 1.35 bits per heavy atom. The number of nitrogens with zero attached hydrogens (tertiary/aromatic N) is 2. The van der Waals surface area contributed by atoms with Crippen molar-refractivity contribution in [3.63, 3.8) is 0 Å². The lowest BCUT2D eigenvalue weighted by molar-refractivity contribution is -0.139. The van der Waals surface area contributed by atoms with E-state index in [4.69, 9.17) is 5.11 Å². The lowest BCUT2D eigenvalue weighted by Gasteiger charge is -2.13. The molecule has 1 aromatic carbocycles. The summed E-state index contributed by atoms with van der Waals surface area (Å²) in [5.41, 5.74) is 1.09. The number of para-hydroxylation sites is 1. The highest BCUT2D eigenvalue weighted by molar-refractivity contribution is 5.95. The predicted molar refractivity (Wildman–Crippen MR) is 72.7 cm³/mol. The SMILES string of the molecule is CC[C@H](NC(=O)c1cncn1-c1ccccc1)C(=O)O. The lowest BCUT2D eigenvalue weighted by Crippen LogP contribution is -2.40. The van der Waals surface area contributed by atoms with E-state index in [0.29, 0.717) is 12.1 Å². The van der Waals surface area contributed by atoms with Crippen molar-refractivity contribution in [2.24, 2.45) is 0 Å². The Morgan fingerprint density at radius 2 is 2.05 bits per heavy atom. The summed E-state index contributed by atoms with van der Waals surface area (Å²) in [6, 6.07) is 8.35. The van der Waals surface area contributed by atoms with Crippen molar-refractivity contribution < 1.29 is 14.7 Å². The van der Waals surface area contributed by atoms with E-state index in [9.17, 15) is 9.59 Å². The maximum absolute atomic E-state index is 12.1. The van der Waals surface area contributed by atoms with Crippen molar-refractivity contribution in [3.8, 4) is 5.69 Å². The minimum atomic E-state index is -1.05. The van der Waals surface area contributed by atoms with Crippen LogP contribution in [0.5, 0.6) is 0 Å². The maximum Gasteiger partial charge on any atom is 0.326 e. The molecule has 2 N–H and O–H groups in total. The van der Waals surface area contributed by atoms with Crippen LogP contribution in [0, 0.1) is 0 Å². The number of carboxylic acid groups (broad SMARTS) is 1. The van der Waals surface area contributed by atoms with Crippen LogP contribution in [0.2, 0.25) is 0 Å². The summed E-state index contributed by atoms with van der Waals surface area (Å²) < 4.78 is 1.61. The fraction of sp³-hybridized carbons (Fsp3) is 0.214. The van der Waals surface area contributed by atoms with Crippen LogP contribution in [0.3, 0.4) is 0 Å². The molecular weight excluding hydrogens is 258 g/mol. The predicted octanol–water partition coefficient (Wildman–Crippen LogP) is 1.47. The minimum Gasteiger partial charge on any atom is -0.480 e. The molecule has 6 heteroatoms. The number of aromatic nitrogens is 2. The minimum absolute atomic E-state index is 0.302. The molecule has 0 aliphatic carbocycles. The van der Waals surface area contributed by atoms with E-state index in [0.717, 1.165) is 5.69 Å². The fourth-order valence-electron chi connectivity index (χ4n) is 1.83. The summed E-state index contributed by atoms with van der Waals surface area (Å²) in [4.78, 5) is 27.0. The van der Waals surface area contributed by atoms with Gasteiger partial charge in [-0.2, -0.15) is 0 Å². The number of imidazole rings is 1. The van der Waals surface area contributed by atoms with Crippen molar-refractivity contribution in [2.45, 2.75) is 19.4 Å². The average molecular weight is 273 g/mol. The Labute approximate surface area is 116 Å². The first-order valence-electron chi connectivity index (χ1n) is 6.25. The third-order valence-electron chi connectivity index (χ3n) is 2.92. The number of carbonyl (C=O) groups is 2. The number of nitrogens with one attached hydrogen (secondary N) is 1. The van der Waals surface area contributed by atoms with Gasteiger partial charge in [-0.15, -0.1) is 0 Å². The standard InChI is InChI=1S/C14H15N3O3/c1-2-11(14(19)20)16-13(18)12-8-15-9-17(12)10-6-4-3-5-7-10/h3-9,11H,2H2,1H3,(H,16,18)(H,19,20)/t11-/m0/s1. The number of aliphatic carboxylic acids is 1. The fourth-order valence-corrected chi connectivity index (χ4v) is 1.83. The van der Waals surface area contributed by atoms with Crippen molar-refractivity contribution in [3.05, 3.63) is 48.5 Å². The van der Waals surface area contributed by atoms with E-state index in [1.165, 1.54) is 12.5 Å². The molecule has 1 aromatic heterocycles. The molecule has 2 rings (SSSR count). The molecule has 0 saturated carbocycles. The van der Waals surface area contributed by atoms with Gasteiger partial charge in [0, 0.05) is 5.69 Å². The zero-order chi connectivity index (χ0) is 14.5. The van der Waals surface area contributed by atoms with Crippen molar-refractivity contribution in [1.29, 1.82) is 0 Å². The molecule has 6 nitrogen and oxygen atoms in total. The zero-order valence-electron chi connectivity index (χ0n) is 11.0. The van der Waals surface area contributed by atoms with Crippen LogP contribution in [0.25, 0.3) is 5.69 Å². The quantitative estimate of drug-likeness (QED) is 0.864. The molecule has 0 spiro atoms. The number of carbonyl (C=O) groups excluding carboxylic acids is 1. The molecule has 0 aliphatic heterocycles. The first-order chi connectivity index (χ1) is 9.63. The van der Waals surface area contributed by atoms with E-state index in [-0.39, 0.29) is 0 Å². The van der Waals surface area contributed by atoms with Crippen LogP contribution in [0.15, 0.2) is 42.9 Å². The van der Waals surface area contributed by atoms with E-state index in [2.05, 4.69) is 10.3 Å². The van der Waals surface area contributed by atoms with Crippen LogP contribution in [0.1, 0.15) is 23.8 Å². The summed E-state index contributed by atoms with van der Waals surface area (Å²) in [7, 11) is 0. The van der Waals surface area contributed by atoms with Gasteiger partial charge in [0.05, 0.1) is 12.5 Å². The maximum atomic E-state index is 12.1. The molecule has 1 atom stereocenters. The van der Waals surface area contributed by atoms with E-state index < -0.39 is 17.9 Å². The second kappa shape index (κ2) is 6.01. The third kappa shape index (κ3) is 2.85. The van der Waals surface area contributed by atoms with Gasteiger partial charge in [-0.1, -0.05) is 25.1 Å². The largest absolute Gasteiger partial charge is 0.480 e. The second-order valence-corrected chi connectivity index (χ2v) is 4.26. The molecular formula is C14H15N3O3. The van der Waals surface area contributed by atoms with Crippen LogP contribution < -0.4 is 5.32 Å². The third-order valence-corrected chi connectivity index (χ3v) is 2.92. The highest BCUT2D eigenvalue weighted by Crippen LogP contribution is 2.11. The van der Waals surface area contributed by atoms with Gasteiger partial charge < -0.3 is 10.4 Å². The number of amides is 1. The second-order valence-electron chi connectivity index (χ2n) is 4.26. The van der Waals surface area contributed by atoms with Crippen LogP contribution >= 0.6 is 0 Å². The van der Waals surface area contributed by atoms with Gasteiger partial charge in [0.1, 0.15) is 11.7 Å². The molecule has 0 bridgehead atoms. The Morgan fingerprint density at radius 3 is 2.65 bits per heavy atom. The van der Waals surface area contributed by atoms with Crippen LogP contribution in [-0.2, 0) is 4.79 Å². The topological polar surface area (TPSA) is 84.2 Å². The Balaban J connectivity index is 2.24. The number of rotatable bonds is 5. The molecule has 2 aromatic rings. The molecule has 0 fully saturated rings. The van der Waals surface area contributed by atoms with Gasteiger partial charge in [-0.3, -0.25) is 9.36 Å². The molecule has 0 radical (unpaired) electrons. The Hall–Kier alpha value is -2.63. The van der Waals surface area contributed by atoms with Gasteiger partial charge in [-0.05, 0) is 18.6 Å². The van der Waals surface area contributed by atoms with Crippen molar-refractivity contribution in [1.82, 2.24) is 14.9 Å². The molecule has 1 amide bonds. The molecule has 1 heterocycles. The Bertz CT molecular complexity index is 607. The highest BCUT2D eigenvalue weighted by Gasteiger charge is 2.20. The first kappa shape index (κ1) is 13.8. The van der Waals surface area contributed by atoms with E-state index in [1.54, 1.807) is 11.5 Å². The van der Waals surface area contributed by atoms with Gasteiger partial charge >= 0.3 is 5.97 Å². The zero-order valence-corrected chi connectivity index (χ0v) is 11.0. The number of benzene rings is 1. The van der Waals surface area contributed by atoms with Crippen LogP contribution in [0.4, 0.5) is 0 Å². The van der Waals surface area contributed by atoms with E-state index in [1.807, 2.05) is 30.3 Å². The Kier molecular flexibility index (Phi) is 4.14. The molecule has 0 aliphatic rings. The smallest absolute Gasteiger partial charge is 0.326 e. The first-order valence-corrected chi connectivity index (χ1v) is 6.25. The van der Waals surface area contributed by atoms with Gasteiger partial charge in [0.25, 0.3) is 5.91 Å². The molecule has 0 unspecified atom stereocenters. The van der Waals surface area contributed by atoms with Crippen molar-refractivity contribution in [2.75, 3.05) is 0 Å². The molecule has 20 heavy (non-hydrogen) atoms. The summed E-state index contributed by atoms with van der Waals surface area (Å²) in [5, 5.41) is 11.4. The molecule has 104 valence electrons. The van der Waals surface area contributed by atoms with Crippen molar-refractivity contribution >= 4 is 11.9 Å². The summed E-state index contributed by atoms with van der Waals surface area (Å²) in [6.45, 7) is 1.70. The number of hydrogen-bond acceptors (Lipinski definition) is 3. The normalized spacial score (nSPS) is 11.8. The number of carboxylic acids is 1. The average Bonchev–Trinajstić information content (AvgIpc) is 2.94. The summed E-state index contributed by atoms with van der Waals surface area (Å²) >= 11 is 0. The molecule has 0 saturated heterocycles. The summed E-state index contributed by atoms with van der Waals surface area (Å²) in [6.07, 6.45) is 3.25. The van der Waals surface area contributed by atoms with Gasteiger partial charge in [0.15, 0.2) is 0 Å². The summed E-state index contributed by atoms with van der Waals surface area (Å²) in [5.74, 6) is -1.51.